The molecule has 4 heterocycles. The van der Waals surface area contributed by atoms with Gasteiger partial charge in [-0.15, -0.1) is 0 Å². The van der Waals surface area contributed by atoms with Crippen LogP contribution >= 0.6 is 0 Å². The number of fused-ring (bicyclic) bond motifs is 1. The number of nitrogens with one attached hydrogen (secondary N) is 1. The summed E-state index contributed by atoms with van der Waals surface area (Å²) in [6, 6.07) is 12.0. The Hall–Kier alpha value is -3.02. The van der Waals surface area contributed by atoms with Crippen LogP contribution in [-0.2, 0) is 11.3 Å². The van der Waals surface area contributed by atoms with Crippen LogP contribution in [0.1, 0.15) is 31.2 Å². The van der Waals surface area contributed by atoms with Gasteiger partial charge in [0.05, 0.1) is 5.41 Å². The highest BCUT2D eigenvalue weighted by Crippen LogP contribution is 2.42. The van der Waals surface area contributed by atoms with Gasteiger partial charge in [0.1, 0.15) is 5.82 Å². The molecule has 2 aromatic heterocycles. The standard InChI is InChI=1S/C23H27N5O/c24-18-6-10-25-21(14-18)27-12-8-23(9-13-27)7-3-11-28(22(23)29)16-17-15-26-20-5-2-1-4-19(17)20/h1-2,4-6,10,14-15,26H,3,7-9,11-13,16H2,(H2,24,25). The number of aromatic amines is 1. The Labute approximate surface area is 170 Å². The van der Waals surface area contributed by atoms with E-state index in [1.54, 1.807) is 6.20 Å². The number of nitrogens with two attached hydrogens (primary N) is 1. The Morgan fingerprint density at radius 2 is 1.93 bits per heavy atom. The van der Waals surface area contributed by atoms with Crippen molar-refractivity contribution >= 4 is 28.3 Å². The minimum atomic E-state index is -0.221. The van der Waals surface area contributed by atoms with Crippen LogP contribution in [0.25, 0.3) is 10.9 Å². The maximum absolute atomic E-state index is 13.5. The first kappa shape index (κ1) is 18.0. The largest absolute Gasteiger partial charge is 0.399 e. The van der Waals surface area contributed by atoms with Gasteiger partial charge in [-0.3, -0.25) is 4.79 Å². The maximum Gasteiger partial charge on any atom is 0.229 e. The third kappa shape index (κ3) is 3.22. The number of anilines is 2. The molecule has 29 heavy (non-hydrogen) atoms. The van der Waals surface area contributed by atoms with Crippen LogP contribution in [0.15, 0.2) is 48.8 Å². The van der Waals surface area contributed by atoms with Gasteiger partial charge in [-0.1, -0.05) is 18.2 Å². The molecular weight excluding hydrogens is 362 g/mol. The molecule has 0 aliphatic carbocycles. The number of piperidine rings is 2. The van der Waals surface area contributed by atoms with Gasteiger partial charge in [0.25, 0.3) is 0 Å². The second kappa shape index (κ2) is 7.10. The van der Waals surface area contributed by atoms with E-state index in [4.69, 9.17) is 5.73 Å². The number of rotatable bonds is 3. The summed E-state index contributed by atoms with van der Waals surface area (Å²) >= 11 is 0. The second-order valence-electron chi connectivity index (χ2n) is 8.40. The zero-order chi connectivity index (χ0) is 19.8. The summed E-state index contributed by atoms with van der Waals surface area (Å²) in [5, 5.41) is 1.21. The van der Waals surface area contributed by atoms with E-state index in [-0.39, 0.29) is 5.41 Å². The molecule has 3 aromatic rings. The maximum atomic E-state index is 13.5. The minimum Gasteiger partial charge on any atom is -0.399 e. The number of pyridine rings is 1. The molecule has 0 bridgehead atoms. The van der Waals surface area contributed by atoms with Crippen molar-refractivity contribution < 1.29 is 4.79 Å². The number of benzene rings is 1. The summed E-state index contributed by atoms with van der Waals surface area (Å²) in [5.41, 5.74) is 8.76. The summed E-state index contributed by atoms with van der Waals surface area (Å²) in [5.74, 6) is 1.24. The van der Waals surface area contributed by atoms with Crippen molar-refractivity contribution in [2.45, 2.75) is 32.2 Å². The lowest BCUT2D eigenvalue weighted by Gasteiger charge is -2.46. The number of likely N-dealkylation sites (tertiary alicyclic amines) is 1. The minimum absolute atomic E-state index is 0.221. The predicted octanol–water partition coefficient (Wildman–Crippen LogP) is 3.55. The normalized spacial score (nSPS) is 19.2. The average Bonchev–Trinajstić information content (AvgIpc) is 3.15. The number of H-pyrrole nitrogens is 1. The lowest BCUT2D eigenvalue weighted by atomic mass is 9.71. The number of nitrogen functional groups attached to an aromatic ring is 1. The van der Waals surface area contributed by atoms with E-state index < -0.39 is 0 Å². The van der Waals surface area contributed by atoms with Crippen molar-refractivity contribution in [2.24, 2.45) is 5.41 Å². The topological polar surface area (TPSA) is 78.2 Å². The van der Waals surface area contributed by atoms with E-state index in [0.29, 0.717) is 12.5 Å². The molecule has 2 aliphatic heterocycles. The number of aromatic nitrogens is 2. The van der Waals surface area contributed by atoms with Crippen LogP contribution in [0.3, 0.4) is 0 Å². The van der Waals surface area contributed by atoms with E-state index in [1.165, 1.54) is 10.9 Å². The number of para-hydroxylation sites is 1. The summed E-state index contributed by atoms with van der Waals surface area (Å²) in [6.07, 6.45) is 7.63. The van der Waals surface area contributed by atoms with Crippen LogP contribution in [0.5, 0.6) is 0 Å². The van der Waals surface area contributed by atoms with Crippen molar-refractivity contribution in [1.29, 1.82) is 0 Å². The highest BCUT2D eigenvalue weighted by atomic mass is 16.2. The first-order chi connectivity index (χ1) is 14.1. The third-order valence-corrected chi connectivity index (χ3v) is 6.67. The number of nitrogens with zero attached hydrogens (tertiary/aromatic N) is 3. The molecule has 1 aromatic carbocycles. The molecule has 0 saturated carbocycles. The first-order valence-electron chi connectivity index (χ1n) is 10.5. The molecule has 0 radical (unpaired) electrons. The Kier molecular flexibility index (Phi) is 4.42. The monoisotopic (exact) mass is 389 g/mol. The number of hydrogen-bond donors (Lipinski definition) is 2. The number of carbonyl (C=O) groups excluding carboxylic acids is 1. The molecule has 2 aliphatic rings. The van der Waals surface area contributed by atoms with E-state index in [2.05, 4.69) is 38.0 Å². The molecular formula is C23H27N5O. The molecule has 6 heteroatoms. The molecule has 1 amide bonds. The van der Waals surface area contributed by atoms with Gasteiger partial charge in [-0.2, -0.15) is 0 Å². The Morgan fingerprint density at radius 3 is 2.76 bits per heavy atom. The molecule has 0 atom stereocenters. The van der Waals surface area contributed by atoms with Gasteiger partial charge in [-0.25, -0.2) is 4.98 Å². The predicted molar refractivity (Wildman–Crippen MR) is 115 cm³/mol. The average molecular weight is 390 g/mol. The van der Waals surface area contributed by atoms with Crippen LogP contribution in [0, 0.1) is 5.41 Å². The Morgan fingerprint density at radius 1 is 1.10 bits per heavy atom. The van der Waals surface area contributed by atoms with Gasteiger partial charge in [0, 0.05) is 61.2 Å². The fourth-order valence-corrected chi connectivity index (χ4v) is 5.01. The Balaban J connectivity index is 1.31. The van der Waals surface area contributed by atoms with Crippen LogP contribution in [0.2, 0.25) is 0 Å². The molecule has 2 saturated heterocycles. The van der Waals surface area contributed by atoms with Crippen LogP contribution in [0.4, 0.5) is 11.5 Å². The summed E-state index contributed by atoms with van der Waals surface area (Å²) in [7, 11) is 0. The summed E-state index contributed by atoms with van der Waals surface area (Å²) < 4.78 is 0. The van der Waals surface area contributed by atoms with E-state index in [9.17, 15) is 4.79 Å². The SMILES string of the molecule is Nc1ccnc(N2CCC3(CCCN(Cc4c[nH]c5ccccc45)C3=O)CC2)c1. The quantitative estimate of drug-likeness (QED) is 0.718. The summed E-state index contributed by atoms with van der Waals surface area (Å²) in [6.45, 7) is 3.23. The highest BCUT2D eigenvalue weighted by molar-refractivity contribution is 5.86. The van der Waals surface area contributed by atoms with Crippen LogP contribution < -0.4 is 10.6 Å². The fourth-order valence-electron chi connectivity index (χ4n) is 5.01. The van der Waals surface area contributed by atoms with Gasteiger partial charge >= 0.3 is 0 Å². The zero-order valence-corrected chi connectivity index (χ0v) is 16.6. The molecule has 150 valence electrons. The zero-order valence-electron chi connectivity index (χ0n) is 16.6. The molecule has 6 nitrogen and oxygen atoms in total. The first-order valence-corrected chi connectivity index (χ1v) is 10.5. The lowest BCUT2D eigenvalue weighted by molar-refractivity contribution is -0.148. The van der Waals surface area contributed by atoms with E-state index in [0.717, 1.165) is 62.3 Å². The van der Waals surface area contributed by atoms with Gasteiger partial charge in [-0.05, 0) is 43.4 Å². The molecule has 0 unspecified atom stereocenters. The second-order valence-corrected chi connectivity index (χ2v) is 8.40. The summed E-state index contributed by atoms with van der Waals surface area (Å²) in [4.78, 5) is 25.6. The lowest BCUT2D eigenvalue weighted by Crippen LogP contribution is -2.53. The van der Waals surface area contributed by atoms with Gasteiger partial charge in [0.15, 0.2) is 0 Å². The van der Waals surface area contributed by atoms with Crippen molar-refractivity contribution in [3.05, 3.63) is 54.4 Å². The number of hydrogen-bond acceptors (Lipinski definition) is 4. The van der Waals surface area contributed by atoms with E-state index in [1.807, 2.05) is 24.4 Å². The van der Waals surface area contributed by atoms with Crippen molar-refractivity contribution in [1.82, 2.24) is 14.9 Å². The molecule has 5 rings (SSSR count). The molecule has 2 fully saturated rings. The number of carbonyl (C=O) groups is 1. The van der Waals surface area contributed by atoms with Crippen molar-refractivity contribution in [3.8, 4) is 0 Å². The van der Waals surface area contributed by atoms with Gasteiger partial charge in [0.2, 0.25) is 5.91 Å². The van der Waals surface area contributed by atoms with Crippen LogP contribution in [-0.4, -0.2) is 40.4 Å². The van der Waals surface area contributed by atoms with Gasteiger partial charge < -0.3 is 20.5 Å². The van der Waals surface area contributed by atoms with Crippen molar-refractivity contribution in [2.75, 3.05) is 30.3 Å². The number of amides is 1. The fraction of sp³-hybridized carbons (Fsp3) is 0.391. The highest BCUT2D eigenvalue weighted by Gasteiger charge is 2.45. The third-order valence-electron chi connectivity index (χ3n) is 6.67. The molecule has 3 N–H and O–H groups in total. The van der Waals surface area contributed by atoms with E-state index >= 15 is 0 Å². The Bertz CT molecular complexity index is 1030. The van der Waals surface area contributed by atoms with Crippen molar-refractivity contribution in [3.63, 3.8) is 0 Å². The molecule has 1 spiro atoms. The smallest absolute Gasteiger partial charge is 0.229 e.